The Bertz CT molecular complexity index is 780. The van der Waals surface area contributed by atoms with Crippen LogP contribution in [0.1, 0.15) is 16.8 Å². The number of nitriles is 1. The molecule has 1 aliphatic heterocycles. The second-order valence-corrected chi connectivity index (χ2v) is 12.1. The lowest BCUT2D eigenvalue weighted by Gasteiger charge is -2.17. The first-order chi connectivity index (χ1) is 10.3. The molecule has 0 bridgehead atoms. The van der Waals surface area contributed by atoms with Gasteiger partial charge in [0.1, 0.15) is 8.07 Å². The van der Waals surface area contributed by atoms with E-state index in [1.54, 1.807) is 0 Å². The zero-order valence-corrected chi connectivity index (χ0v) is 14.5. The average Bonchev–Trinajstić information content (AvgIpc) is 2.94. The molecule has 3 rings (SSSR count). The Morgan fingerprint density at radius 1 is 1.36 bits per heavy atom. The van der Waals surface area contributed by atoms with Gasteiger partial charge in [0, 0.05) is 17.7 Å². The van der Waals surface area contributed by atoms with E-state index >= 15 is 0 Å². The molecule has 2 aromatic rings. The topological polar surface area (TPSA) is 61.8 Å². The first-order valence-electron chi connectivity index (χ1n) is 7.60. The van der Waals surface area contributed by atoms with E-state index in [4.69, 9.17) is 10.4 Å². The SMILES string of the molecule is Cc1cc(C#N)ccc1-c1c([Si](C)(C)C)nn2c1C[C@@H](O)C2. The van der Waals surface area contributed by atoms with E-state index < -0.39 is 8.07 Å². The summed E-state index contributed by atoms with van der Waals surface area (Å²) in [7, 11) is -1.60. The third-order valence-corrected chi connectivity index (χ3v) is 5.98. The lowest BCUT2D eigenvalue weighted by Crippen LogP contribution is -2.41. The van der Waals surface area contributed by atoms with Crippen LogP contribution in [0.4, 0.5) is 0 Å². The molecule has 2 heterocycles. The summed E-state index contributed by atoms with van der Waals surface area (Å²) in [5.41, 5.74) is 5.25. The van der Waals surface area contributed by atoms with Gasteiger partial charge in [-0.25, -0.2) is 0 Å². The van der Waals surface area contributed by atoms with Crippen LogP contribution in [0.2, 0.25) is 19.6 Å². The summed E-state index contributed by atoms with van der Waals surface area (Å²) in [5.74, 6) is 0. The minimum Gasteiger partial charge on any atom is -0.391 e. The molecule has 114 valence electrons. The van der Waals surface area contributed by atoms with Crippen molar-refractivity contribution in [3.8, 4) is 17.2 Å². The Kier molecular flexibility index (Phi) is 3.46. The highest BCUT2D eigenvalue weighted by atomic mass is 28.3. The fourth-order valence-electron chi connectivity index (χ4n) is 3.16. The lowest BCUT2D eigenvalue weighted by molar-refractivity contribution is 0.173. The van der Waals surface area contributed by atoms with Crippen molar-refractivity contribution in [3.63, 3.8) is 0 Å². The third kappa shape index (κ3) is 2.38. The van der Waals surface area contributed by atoms with Crippen LogP contribution in [-0.4, -0.2) is 29.1 Å². The third-order valence-electron chi connectivity index (χ3n) is 4.21. The number of fused-ring (bicyclic) bond motifs is 1. The van der Waals surface area contributed by atoms with Gasteiger partial charge in [0.15, 0.2) is 0 Å². The summed E-state index contributed by atoms with van der Waals surface area (Å²) < 4.78 is 1.98. The largest absolute Gasteiger partial charge is 0.391 e. The van der Waals surface area contributed by atoms with Gasteiger partial charge in [-0.1, -0.05) is 25.7 Å². The van der Waals surface area contributed by atoms with Gasteiger partial charge < -0.3 is 5.11 Å². The number of hydrogen-bond donors (Lipinski definition) is 1. The summed E-state index contributed by atoms with van der Waals surface area (Å²) in [6.07, 6.45) is 0.322. The van der Waals surface area contributed by atoms with Crippen molar-refractivity contribution in [2.45, 2.75) is 45.6 Å². The molecule has 22 heavy (non-hydrogen) atoms. The molecule has 1 N–H and O–H groups in total. The molecule has 0 aliphatic carbocycles. The second kappa shape index (κ2) is 5.08. The predicted octanol–water partition coefficient (Wildman–Crippen LogP) is 2.19. The summed E-state index contributed by atoms with van der Waals surface area (Å²) in [5, 5.41) is 25.1. The van der Waals surface area contributed by atoms with Gasteiger partial charge in [-0.15, -0.1) is 0 Å². The predicted molar refractivity (Wildman–Crippen MR) is 89.8 cm³/mol. The molecule has 1 aromatic carbocycles. The number of rotatable bonds is 2. The maximum absolute atomic E-state index is 9.96. The fraction of sp³-hybridized carbons (Fsp3) is 0.412. The molecular weight excluding hydrogens is 290 g/mol. The molecule has 0 unspecified atom stereocenters. The average molecular weight is 311 g/mol. The molecule has 0 saturated carbocycles. The van der Waals surface area contributed by atoms with Gasteiger partial charge in [-0.2, -0.15) is 10.4 Å². The molecule has 1 atom stereocenters. The molecule has 1 aromatic heterocycles. The Balaban J connectivity index is 2.24. The fourth-order valence-corrected chi connectivity index (χ4v) is 4.61. The molecule has 0 radical (unpaired) electrons. The normalized spacial score (nSPS) is 17.4. The first-order valence-corrected chi connectivity index (χ1v) is 11.1. The van der Waals surface area contributed by atoms with Crippen LogP contribution >= 0.6 is 0 Å². The number of aliphatic hydroxyl groups is 1. The van der Waals surface area contributed by atoms with E-state index in [1.165, 1.54) is 10.9 Å². The van der Waals surface area contributed by atoms with Crippen LogP contribution in [0.3, 0.4) is 0 Å². The van der Waals surface area contributed by atoms with Crippen LogP contribution in [0, 0.1) is 18.3 Å². The second-order valence-electron chi connectivity index (χ2n) is 7.10. The smallest absolute Gasteiger partial charge is 0.104 e. The maximum atomic E-state index is 9.96. The molecule has 4 nitrogen and oxygen atoms in total. The highest BCUT2D eigenvalue weighted by molar-refractivity contribution is 6.89. The Morgan fingerprint density at radius 3 is 2.68 bits per heavy atom. The summed E-state index contributed by atoms with van der Waals surface area (Å²) >= 11 is 0. The minimum atomic E-state index is -1.60. The number of aromatic nitrogens is 2. The van der Waals surface area contributed by atoms with Crippen molar-refractivity contribution in [3.05, 3.63) is 35.0 Å². The molecule has 0 spiro atoms. The number of hydrogen-bond acceptors (Lipinski definition) is 3. The standard InChI is InChI=1S/C17H21N3OSi/c1-11-7-12(9-18)5-6-14(11)16-15-8-13(21)10-20(15)19-17(16)22(2,3)4/h5-7,13,21H,8,10H2,1-4H3/t13-/m1/s1. The van der Waals surface area contributed by atoms with Crippen molar-refractivity contribution in [1.29, 1.82) is 5.26 Å². The zero-order valence-electron chi connectivity index (χ0n) is 13.5. The zero-order chi connectivity index (χ0) is 16.1. The van der Waals surface area contributed by atoms with Crippen molar-refractivity contribution >= 4 is 13.4 Å². The summed E-state index contributed by atoms with van der Waals surface area (Å²) in [6, 6.07) is 8.02. The first kappa shape index (κ1) is 15.0. The number of aryl methyl sites for hydroxylation is 1. The molecule has 0 amide bonds. The molecule has 1 aliphatic rings. The highest BCUT2D eigenvalue weighted by Gasteiger charge is 2.33. The van der Waals surface area contributed by atoms with E-state index in [2.05, 4.69) is 25.7 Å². The summed E-state index contributed by atoms with van der Waals surface area (Å²) in [6.45, 7) is 9.51. The van der Waals surface area contributed by atoms with Gasteiger partial charge in [-0.3, -0.25) is 4.68 Å². The number of aliphatic hydroxyl groups excluding tert-OH is 1. The maximum Gasteiger partial charge on any atom is 0.104 e. The molecule has 0 fully saturated rings. The minimum absolute atomic E-state index is 0.337. The van der Waals surface area contributed by atoms with Crippen molar-refractivity contribution in [1.82, 2.24) is 9.78 Å². The van der Waals surface area contributed by atoms with Gasteiger partial charge in [-0.05, 0) is 30.2 Å². The van der Waals surface area contributed by atoms with Crippen LogP contribution in [0.5, 0.6) is 0 Å². The number of nitrogens with zero attached hydrogens (tertiary/aromatic N) is 3. The van der Waals surface area contributed by atoms with Crippen LogP contribution in [0.25, 0.3) is 11.1 Å². The van der Waals surface area contributed by atoms with Gasteiger partial charge >= 0.3 is 0 Å². The highest BCUT2D eigenvalue weighted by Crippen LogP contribution is 2.31. The monoisotopic (exact) mass is 311 g/mol. The lowest BCUT2D eigenvalue weighted by atomic mass is 9.98. The summed E-state index contributed by atoms with van der Waals surface area (Å²) in [4.78, 5) is 0. The number of benzene rings is 1. The van der Waals surface area contributed by atoms with Gasteiger partial charge in [0.25, 0.3) is 0 Å². The van der Waals surface area contributed by atoms with Crippen LogP contribution < -0.4 is 5.32 Å². The van der Waals surface area contributed by atoms with Crippen LogP contribution in [0.15, 0.2) is 18.2 Å². The van der Waals surface area contributed by atoms with Crippen LogP contribution in [-0.2, 0) is 13.0 Å². The molecular formula is C17H21N3OSi. The molecule has 0 saturated heterocycles. The van der Waals surface area contributed by atoms with Crippen molar-refractivity contribution in [2.24, 2.45) is 0 Å². The van der Waals surface area contributed by atoms with E-state index in [0.29, 0.717) is 18.5 Å². The van der Waals surface area contributed by atoms with Gasteiger partial charge in [0.05, 0.1) is 29.6 Å². The van der Waals surface area contributed by atoms with E-state index in [1.807, 2.05) is 29.8 Å². The molecule has 5 heteroatoms. The Labute approximate surface area is 132 Å². The van der Waals surface area contributed by atoms with E-state index in [9.17, 15) is 5.11 Å². The Hall–Kier alpha value is -1.90. The van der Waals surface area contributed by atoms with E-state index in [0.717, 1.165) is 16.8 Å². The van der Waals surface area contributed by atoms with Crippen molar-refractivity contribution in [2.75, 3.05) is 0 Å². The quantitative estimate of drug-likeness (QED) is 0.865. The van der Waals surface area contributed by atoms with Gasteiger partial charge in [0.2, 0.25) is 0 Å². The van der Waals surface area contributed by atoms with E-state index in [-0.39, 0.29) is 6.10 Å². The van der Waals surface area contributed by atoms with Crippen molar-refractivity contribution < 1.29 is 5.11 Å². The Morgan fingerprint density at radius 2 is 2.09 bits per heavy atom.